The van der Waals surface area contributed by atoms with Crippen molar-refractivity contribution in [2.75, 3.05) is 0 Å². The van der Waals surface area contributed by atoms with Crippen LogP contribution in [-0.4, -0.2) is 15.3 Å². The zero-order valence-electron chi connectivity index (χ0n) is 13.5. The van der Waals surface area contributed by atoms with E-state index in [1.165, 1.54) is 27.8 Å². The second-order valence-corrected chi connectivity index (χ2v) is 6.05. The summed E-state index contributed by atoms with van der Waals surface area (Å²) in [6.07, 6.45) is 7.15. The van der Waals surface area contributed by atoms with Crippen molar-refractivity contribution in [1.82, 2.24) is 9.55 Å². The van der Waals surface area contributed by atoms with E-state index in [-0.39, 0.29) is 18.2 Å². The molecule has 4 heteroatoms. The summed E-state index contributed by atoms with van der Waals surface area (Å²) in [5.41, 5.74) is 7.35. The molecular formula is C20H19ClN2O. The van der Waals surface area contributed by atoms with Crippen LogP contribution in [0.15, 0.2) is 55.1 Å². The minimum atomic E-state index is 0. The number of hydrogen-bond acceptors (Lipinski definition) is 2. The van der Waals surface area contributed by atoms with Crippen LogP contribution in [0.3, 0.4) is 0 Å². The number of aromatic nitrogens is 2. The van der Waals surface area contributed by atoms with Crippen LogP contribution in [0.2, 0.25) is 0 Å². The summed E-state index contributed by atoms with van der Waals surface area (Å²) in [7, 11) is 0. The van der Waals surface area contributed by atoms with E-state index >= 15 is 0 Å². The molecule has 4 rings (SSSR count). The van der Waals surface area contributed by atoms with Crippen LogP contribution in [0.4, 0.5) is 0 Å². The highest BCUT2D eigenvalue weighted by molar-refractivity contribution is 5.97. The highest BCUT2D eigenvalue weighted by Gasteiger charge is 2.20. The highest BCUT2D eigenvalue weighted by atomic mass is 35.5. The number of ketones is 1. The average molecular weight is 339 g/mol. The molecule has 0 spiro atoms. The number of aryl methyl sites for hydroxylation is 1. The molecule has 1 aromatic heterocycles. The molecule has 3 nitrogen and oxygen atoms in total. The molecule has 1 aliphatic rings. The first kappa shape index (κ1) is 16.5. The Morgan fingerprint density at radius 1 is 1.12 bits per heavy atom. The van der Waals surface area contributed by atoms with E-state index in [1.807, 2.05) is 12.3 Å². The van der Waals surface area contributed by atoms with Gasteiger partial charge in [-0.25, -0.2) is 4.98 Å². The van der Waals surface area contributed by atoms with E-state index in [1.54, 1.807) is 17.1 Å². The number of imidazole rings is 1. The number of hydrogen-bond donors (Lipinski definition) is 0. The largest absolute Gasteiger partial charge is 0.330 e. The Kier molecular flexibility index (Phi) is 4.54. The van der Waals surface area contributed by atoms with Gasteiger partial charge in [0.1, 0.15) is 0 Å². The number of rotatable bonds is 4. The van der Waals surface area contributed by atoms with Gasteiger partial charge in [-0.05, 0) is 46.7 Å². The SMILES string of the molecule is CCc1ccc2c(c1)Cc1cc(C(=O)Cn3ccnc3)ccc1-2.Cl. The number of fused-ring (bicyclic) bond motifs is 3. The van der Waals surface area contributed by atoms with Gasteiger partial charge >= 0.3 is 0 Å². The van der Waals surface area contributed by atoms with Gasteiger partial charge in [-0.1, -0.05) is 37.3 Å². The number of carbonyl (C=O) groups is 1. The van der Waals surface area contributed by atoms with Crippen molar-refractivity contribution in [1.29, 1.82) is 0 Å². The molecule has 0 radical (unpaired) electrons. The Balaban J connectivity index is 0.00000169. The summed E-state index contributed by atoms with van der Waals surface area (Å²) < 4.78 is 1.80. The number of Topliss-reactive ketones (excluding diaryl/α,β-unsaturated/α-hetero) is 1. The summed E-state index contributed by atoms with van der Waals surface area (Å²) in [6.45, 7) is 2.52. The van der Waals surface area contributed by atoms with Crippen LogP contribution in [0, 0.1) is 0 Å². The molecule has 0 bridgehead atoms. The van der Waals surface area contributed by atoms with Crippen molar-refractivity contribution in [3.8, 4) is 11.1 Å². The van der Waals surface area contributed by atoms with Gasteiger partial charge in [-0.3, -0.25) is 4.79 Å². The van der Waals surface area contributed by atoms with Crippen LogP contribution in [-0.2, 0) is 19.4 Å². The summed E-state index contributed by atoms with van der Waals surface area (Å²) >= 11 is 0. The lowest BCUT2D eigenvalue weighted by Crippen LogP contribution is -2.09. The van der Waals surface area contributed by atoms with Gasteiger partial charge in [0.15, 0.2) is 5.78 Å². The molecule has 0 amide bonds. The molecule has 0 saturated carbocycles. The monoisotopic (exact) mass is 338 g/mol. The molecule has 0 N–H and O–H groups in total. The summed E-state index contributed by atoms with van der Waals surface area (Å²) in [5, 5.41) is 0. The van der Waals surface area contributed by atoms with E-state index in [2.05, 4.69) is 42.2 Å². The Morgan fingerprint density at radius 2 is 1.88 bits per heavy atom. The Labute approximate surface area is 147 Å². The van der Waals surface area contributed by atoms with Gasteiger partial charge in [0.05, 0.1) is 12.9 Å². The third-order valence-electron chi connectivity index (χ3n) is 4.56. The number of benzene rings is 2. The molecule has 0 aliphatic heterocycles. The first-order valence-corrected chi connectivity index (χ1v) is 7.98. The maximum atomic E-state index is 12.4. The fourth-order valence-corrected chi connectivity index (χ4v) is 3.29. The predicted octanol–water partition coefficient (Wildman–Crippen LogP) is 4.32. The first-order valence-electron chi connectivity index (χ1n) is 7.98. The fourth-order valence-electron chi connectivity index (χ4n) is 3.29. The lowest BCUT2D eigenvalue weighted by molar-refractivity contribution is 0.0972. The van der Waals surface area contributed by atoms with Crippen molar-refractivity contribution in [3.05, 3.63) is 77.4 Å². The lowest BCUT2D eigenvalue weighted by Gasteiger charge is -2.06. The second-order valence-electron chi connectivity index (χ2n) is 6.05. The molecule has 0 unspecified atom stereocenters. The Hall–Kier alpha value is -2.39. The average Bonchev–Trinajstić information content (AvgIpc) is 3.20. The van der Waals surface area contributed by atoms with Crippen LogP contribution < -0.4 is 0 Å². The molecule has 0 fully saturated rings. The van der Waals surface area contributed by atoms with Crippen LogP contribution >= 0.6 is 12.4 Å². The van der Waals surface area contributed by atoms with Gasteiger partial charge < -0.3 is 4.57 Å². The molecule has 122 valence electrons. The van der Waals surface area contributed by atoms with Gasteiger partial charge in [-0.15, -0.1) is 12.4 Å². The zero-order valence-corrected chi connectivity index (χ0v) is 14.3. The standard InChI is InChI=1S/C20H18N2O.ClH/c1-2-14-3-5-18-16(9-14)11-17-10-15(4-6-19(17)18)20(23)12-22-8-7-21-13-22;/h3-10,13H,2,11-12H2,1H3;1H. The lowest BCUT2D eigenvalue weighted by atomic mass is 10.0. The predicted molar refractivity (Wildman–Crippen MR) is 97.9 cm³/mol. The summed E-state index contributed by atoms with van der Waals surface area (Å²) in [5.74, 6) is 0.121. The third-order valence-corrected chi connectivity index (χ3v) is 4.56. The smallest absolute Gasteiger partial charge is 0.182 e. The van der Waals surface area contributed by atoms with E-state index < -0.39 is 0 Å². The minimum Gasteiger partial charge on any atom is -0.330 e. The fraction of sp³-hybridized carbons (Fsp3) is 0.200. The first-order chi connectivity index (χ1) is 11.2. The van der Waals surface area contributed by atoms with Crippen molar-refractivity contribution in [2.45, 2.75) is 26.3 Å². The summed E-state index contributed by atoms with van der Waals surface area (Å²) in [4.78, 5) is 16.4. The zero-order chi connectivity index (χ0) is 15.8. The third kappa shape index (κ3) is 2.87. The topological polar surface area (TPSA) is 34.9 Å². The molecule has 0 saturated heterocycles. The molecule has 0 atom stereocenters. The minimum absolute atomic E-state index is 0. The quantitative estimate of drug-likeness (QED) is 0.519. The highest BCUT2D eigenvalue weighted by Crippen LogP contribution is 2.37. The van der Waals surface area contributed by atoms with E-state index in [0.717, 1.165) is 18.4 Å². The van der Waals surface area contributed by atoms with Gasteiger partial charge in [0.25, 0.3) is 0 Å². The van der Waals surface area contributed by atoms with Crippen LogP contribution in [0.1, 0.15) is 34.0 Å². The normalized spacial score (nSPS) is 11.5. The molecule has 1 aliphatic carbocycles. The van der Waals surface area contributed by atoms with Crippen molar-refractivity contribution < 1.29 is 4.79 Å². The maximum absolute atomic E-state index is 12.4. The van der Waals surface area contributed by atoms with E-state index in [4.69, 9.17) is 0 Å². The van der Waals surface area contributed by atoms with Crippen LogP contribution in [0.5, 0.6) is 0 Å². The Morgan fingerprint density at radius 3 is 2.58 bits per heavy atom. The van der Waals surface area contributed by atoms with Gasteiger partial charge in [0.2, 0.25) is 0 Å². The van der Waals surface area contributed by atoms with E-state index in [0.29, 0.717) is 6.54 Å². The Bertz CT molecular complexity index is 885. The molecular weight excluding hydrogens is 320 g/mol. The van der Waals surface area contributed by atoms with Crippen molar-refractivity contribution in [3.63, 3.8) is 0 Å². The molecule has 3 aromatic rings. The summed E-state index contributed by atoms with van der Waals surface area (Å²) in [6, 6.07) is 12.8. The molecule has 1 heterocycles. The molecule has 24 heavy (non-hydrogen) atoms. The maximum Gasteiger partial charge on any atom is 0.182 e. The number of carbonyl (C=O) groups excluding carboxylic acids is 1. The van der Waals surface area contributed by atoms with Crippen molar-refractivity contribution >= 4 is 18.2 Å². The van der Waals surface area contributed by atoms with Crippen molar-refractivity contribution in [2.24, 2.45) is 0 Å². The number of nitrogens with zero attached hydrogens (tertiary/aromatic N) is 2. The van der Waals surface area contributed by atoms with E-state index in [9.17, 15) is 4.79 Å². The molecule has 2 aromatic carbocycles. The van der Waals surface area contributed by atoms with Crippen LogP contribution in [0.25, 0.3) is 11.1 Å². The second kappa shape index (κ2) is 6.62. The van der Waals surface area contributed by atoms with Gasteiger partial charge in [0, 0.05) is 18.0 Å². The number of halogens is 1. The van der Waals surface area contributed by atoms with Gasteiger partial charge in [-0.2, -0.15) is 0 Å².